The van der Waals surface area contributed by atoms with E-state index in [1.165, 1.54) is 19.3 Å². The number of likely N-dealkylation sites (tertiary alicyclic amines) is 1. The van der Waals surface area contributed by atoms with Gasteiger partial charge in [0.05, 0.1) is 6.10 Å². The maximum absolute atomic E-state index is 12.3. The molecule has 1 aliphatic heterocycles. The molecule has 23 heavy (non-hydrogen) atoms. The minimum absolute atomic E-state index is 0.111. The maximum atomic E-state index is 12.3. The van der Waals surface area contributed by atoms with Crippen LogP contribution >= 0.6 is 0 Å². The van der Waals surface area contributed by atoms with E-state index in [9.17, 15) is 9.59 Å². The van der Waals surface area contributed by atoms with Gasteiger partial charge in [0, 0.05) is 26.1 Å². The van der Waals surface area contributed by atoms with Gasteiger partial charge < -0.3 is 15.0 Å². The van der Waals surface area contributed by atoms with Crippen LogP contribution in [0.3, 0.4) is 0 Å². The first-order valence-corrected chi connectivity index (χ1v) is 9.35. The number of carbonyl (C=O) groups excluding carboxylic acids is 2. The van der Waals surface area contributed by atoms with Crippen molar-refractivity contribution >= 4 is 11.8 Å². The number of nitrogens with zero attached hydrogens (tertiary/aromatic N) is 1. The zero-order valence-corrected chi connectivity index (χ0v) is 14.5. The summed E-state index contributed by atoms with van der Waals surface area (Å²) in [5.41, 5.74) is 0. The first kappa shape index (κ1) is 18.2. The molecule has 1 aliphatic carbocycles. The van der Waals surface area contributed by atoms with Crippen LogP contribution in [0.25, 0.3) is 0 Å². The Balaban J connectivity index is 1.67. The van der Waals surface area contributed by atoms with Crippen molar-refractivity contribution in [3.63, 3.8) is 0 Å². The number of rotatable bonds is 7. The van der Waals surface area contributed by atoms with E-state index in [0.717, 1.165) is 45.2 Å². The molecule has 5 nitrogen and oxygen atoms in total. The van der Waals surface area contributed by atoms with E-state index in [-0.39, 0.29) is 24.5 Å². The molecule has 0 radical (unpaired) electrons. The lowest BCUT2D eigenvalue weighted by molar-refractivity contribution is -0.140. The lowest BCUT2D eigenvalue weighted by atomic mass is 9.97. The standard InChI is InChI=1S/C18H32N2O3/c1-2-7-17(21)19-12-15-8-6-11-20(13-15)18(22)14-23-16-9-4-3-5-10-16/h15-16H,2-14H2,1H3,(H,19,21). The molecule has 0 bridgehead atoms. The van der Waals surface area contributed by atoms with Crippen LogP contribution in [-0.4, -0.2) is 49.1 Å². The number of piperidine rings is 1. The zero-order valence-electron chi connectivity index (χ0n) is 14.5. The Bertz CT molecular complexity index is 380. The Morgan fingerprint density at radius 3 is 2.65 bits per heavy atom. The number of ether oxygens (including phenoxy) is 1. The molecule has 132 valence electrons. The quantitative estimate of drug-likeness (QED) is 0.783. The molecular formula is C18H32N2O3. The van der Waals surface area contributed by atoms with Crippen molar-refractivity contribution in [1.29, 1.82) is 0 Å². The first-order chi connectivity index (χ1) is 11.2. The normalized spacial score (nSPS) is 22.8. The van der Waals surface area contributed by atoms with E-state index in [2.05, 4.69) is 5.32 Å². The zero-order chi connectivity index (χ0) is 16.5. The summed E-state index contributed by atoms with van der Waals surface area (Å²) in [6, 6.07) is 0. The molecule has 1 heterocycles. The van der Waals surface area contributed by atoms with Gasteiger partial charge in [0.1, 0.15) is 6.61 Å². The number of nitrogens with one attached hydrogen (secondary N) is 1. The van der Waals surface area contributed by atoms with Crippen LogP contribution in [0.5, 0.6) is 0 Å². The van der Waals surface area contributed by atoms with Crippen molar-refractivity contribution in [2.75, 3.05) is 26.2 Å². The molecule has 2 rings (SSSR count). The maximum Gasteiger partial charge on any atom is 0.248 e. The lowest BCUT2D eigenvalue weighted by Crippen LogP contribution is -2.45. The predicted molar refractivity (Wildman–Crippen MR) is 90.0 cm³/mol. The fourth-order valence-electron chi connectivity index (χ4n) is 3.54. The largest absolute Gasteiger partial charge is 0.368 e. The van der Waals surface area contributed by atoms with Crippen LogP contribution in [0.15, 0.2) is 0 Å². The minimum Gasteiger partial charge on any atom is -0.368 e. The Hall–Kier alpha value is -1.10. The topological polar surface area (TPSA) is 58.6 Å². The van der Waals surface area contributed by atoms with Crippen LogP contribution in [0.1, 0.15) is 64.7 Å². The highest BCUT2D eigenvalue weighted by atomic mass is 16.5. The molecule has 2 aliphatic rings. The summed E-state index contributed by atoms with van der Waals surface area (Å²) in [6.07, 6.45) is 9.78. The van der Waals surface area contributed by atoms with E-state index in [4.69, 9.17) is 4.74 Å². The minimum atomic E-state index is 0.111. The van der Waals surface area contributed by atoms with Gasteiger partial charge in [-0.2, -0.15) is 0 Å². The van der Waals surface area contributed by atoms with Gasteiger partial charge in [-0.3, -0.25) is 9.59 Å². The third-order valence-electron chi connectivity index (χ3n) is 4.93. The molecule has 1 saturated heterocycles. The molecule has 5 heteroatoms. The van der Waals surface area contributed by atoms with E-state index < -0.39 is 0 Å². The van der Waals surface area contributed by atoms with Gasteiger partial charge in [0.2, 0.25) is 11.8 Å². The van der Waals surface area contributed by atoms with Crippen LogP contribution < -0.4 is 5.32 Å². The van der Waals surface area contributed by atoms with Crippen LogP contribution in [0.4, 0.5) is 0 Å². The monoisotopic (exact) mass is 324 g/mol. The fraction of sp³-hybridized carbons (Fsp3) is 0.889. The van der Waals surface area contributed by atoms with Crippen molar-refractivity contribution in [3.05, 3.63) is 0 Å². The predicted octanol–water partition coefficient (Wildman–Crippen LogP) is 2.49. The highest BCUT2D eigenvalue weighted by molar-refractivity contribution is 5.77. The summed E-state index contributed by atoms with van der Waals surface area (Å²) in [5.74, 6) is 0.611. The molecule has 0 aromatic carbocycles. The van der Waals surface area contributed by atoms with Crippen LogP contribution in [0.2, 0.25) is 0 Å². The van der Waals surface area contributed by atoms with Crippen molar-refractivity contribution in [3.8, 4) is 0 Å². The molecular weight excluding hydrogens is 292 g/mol. The molecule has 0 aromatic rings. The Kier molecular flexibility index (Phi) is 7.86. The summed E-state index contributed by atoms with van der Waals surface area (Å²) < 4.78 is 5.80. The number of hydrogen-bond donors (Lipinski definition) is 1. The van der Waals surface area contributed by atoms with Gasteiger partial charge in [-0.1, -0.05) is 26.2 Å². The number of amides is 2. The molecule has 1 unspecified atom stereocenters. The molecule has 2 amide bonds. The van der Waals surface area contributed by atoms with Gasteiger partial charge >= 0.3 is 0 Å². The Labute approximate surface area is 140 Å². The van der Waals surface area contributed by atoms with Gasteiger partial charge in [0.25, 0.3) is 0 Å². The molecule has 1 N–H and O–H groups in total. The molecule has 0 aromatic heterocycles. The second kappa shape index (κ2) is 9.91. The summed E-state index contributed by atoms with van der Waals surface area (Å²) in [6.45, 7) is 4.49. The lowest BCUT2D eigenvalue weighted by Gasteiger charge is -2.33. The van der Waals surface area contributed by atoms with Gasteiger partial charge in [-0.05, 0) is 38.0 Å². The average Bonchev–Trinajstić information content (AvgIpc) is 2.59. The van der Waals surface area contributed by atoms with E-state index in [0.29, 0.717) is 18.9 Å². The van der Waals surface area contributed by atoms with Crippen LogP contribution in [-0.2, 0) is 14.3 Å². The van der Waals surface area contributed by atoms with Crippen LogP contribution in [0, 0.1) is 5.92 Å². The van der Waals surface area contributed by atoms with E-state index in [1.807, 2.05) is 11.8 Å². The summed E-state index contributed by atoms with van der Waals surface area (Å²) in [5, 5.41) is 2.99. The van der Waals surface area contributed by atoms with Crippen molar-refractivity contribution in [1.82, 2.24) is 10.2 Å². The van der Waals surface area contributed by atoms with Gasteiger partial charge in [-0.15, -0.1) is 0 Å². The van der Waals surface area contributed by atoms with Gasteiger partial charge in [-0.25, -0.2) is 0 Å². The summed E-state index contributed by atoms with van der Waals surface area (Å²) in [4.78, 5) is 25.8. The number of hydrogen-bond acceptors (Lipinski definition) is 3. The third kappa shape index (κ3) is 6.50. The molecule has 2 fully saturated rings. The van der Waals surface area contributed by atoms with E-state index in [1.54, 1.807) is 0 Å². The SMILES string of the molecule is CCCC(=O)NCC1CCCN(C(=O)COC2CCCCC2)C1. The fourth-order valence-corrected chi connectivity index (χ4v) is 3.54. The molecule has 1 atom stereocenters. The first-order valence-electron chi connectivity index (χ1n) is 9.35. The highest BCUT2D eigenvalue weighted by Crippen LogP contribution is 2.21. The Morgan fingerprint density at radius 1 is 1.13 bits per heavy atom. The van der Waals surface area contributed by atoms with Gasteiger partial charge in [0.15, 0.2) is 0 Å². The van der Waals surface area contributed by atoms with Crippen molar-refractivity contribution in [2.45, 2.75) is 70.8 Å². The molecule has 1 saturated carbocycles. The van der Waals surface area contributed by atoms with Crippen molar-refractivity contribution in [2.24, 2.45) is 5.92 Å². The second-order valence-electron chi connectivity index (χ2n) is 6.97. The Morgan fingerprint density at radius 2 is 1.91 bits per heavy atom. The third-order valence-corrected chi connectivity index (χ3v) is 4.93. The van der Waals surface area contributed by atoms with E-state index >= 15 is 0 Å². The summed E-state index contributed by atoms with van der Waals surface area (Å²) >= 11 is 0. The highest BCUT2D eigenvalue weighted by Gasteiger charge is 2.25. The summed E-state index contributed by atoms with van der Waals surface area (Å²) in [7, 11) is 0. The van der Waals surface area contributed by atoms with Crippen molar-refractivity contribution < 1.29 is 14.3 Å². The second-order valence-corrected chi connectivity index (χ2v) is 6.97. The number of carbonyl (C=O) groups is 2. The molecule has 0 spiro atoms. The average molecular weight is 324 g/mol. The smallest absolute Gasteiger partial charge is 0.248 e.